The second-order valence-electron chi connectivity index (χ2n) is 5.23. The average Bonchev–Trinajstić information content (AvgIpc) is 3.01. The van der Waals surface area contributed by atoms with Crippen molar-refractivity contribution in [3.05, 3.63) is 35.2 Å². The van der Waals surface area contributed by atoms with Crippen molar-refractivity contribution in [3.8, 4) is 0 Å². The highest BCUT2D eigenvalue weighted by Gasteiger charge is 2.12. The minimum absolute atomic E-state index is 0.0577. The van der Waals surface area contributed by atoms with Gasteiger partial charge in [0.25, 0.3) is 0 Å². The molecule has 0 spiro atoms. The number of nitrogens with one attached hydrogen (secondary N) is 3. The first-order chi connectivity index (χ1) is 11.6. The first-order valence-corrected chi connectivity index (χ1v) is 8.91. The molecule has 0 radical (unpaired) electrons. The van der Waals surface area contributed by atoms with E-state index in [1.54, 1.807) is 11.3 Å². The fraction of sp³-hybridized carbons (Fsp3) is 0.412. The maximum Gasteiger partial charge on any atom is 0.241 e. The molecule has 0 bridgehead atoms. The van der Waals surface area contributed by atoms with Gasteiger partial charge in [0, 0.05) is 29.2 Å². The van der Waals surface area contributed by atoms with Gasteiger partial charge in [0.1, 0.15) is 12.6 Å². The van der Waals surface area contributed by atoms with E-state index in [0.717, 1.165) is 15.0 Å². The van der Waals surface area contributed by atoms with Crippen molar-refractivity contribution in [2.24, 2.45) is 4.99 Å². The van der Waals surface area contributed by atoms with Crippen LogP contribution in [0.4, 0.5) is 0 Å². The number of benzene rings is 1. The zero-order valence-electron chi connectivity index (χ0n) is 14.0. The first-order valence-electron chi connectivity index (χ1n) is 8.09. The second-order valence-corrected chi connectivity index (χ2v) is 6.35. The van der Waals surface area contributed by atoms with Crippen molar-refractivity contribution in [3.63, 3.8) is 0 Å². The lowest BCUT2D eigenvalue weighted by Gasteiger charge is -2.14. The third-order valence-electron chi connectivity index (χ3n) is 3.33. The van der Waals surface area contributed by atoms with Crippen LogP contribution in [-0.4, -0.2) is 43.2 Å². The molecule has 1 heterocycles. The minimum Gasteiger partial charge on any atom is -0.386 e. The quantitative estimate of drug-likeness (QED) is 0.452. The number of aliphatic imine (C=N–C) groups is 1. The molecule has 1 amide bonds. The molecule has 0 fully saturated rings. The van der Waals surface area contributed by atoms with E-state index in [1.807, 2.05) is 44.2 Å². The summed E-state index contributed by atoms with van der Waals surface area (Å²) in [6, 6.07) is 10.1. The van der Waals surface area contributed by atoms with E-state index >= 15 is 0 Å². The molecule has 1 aromatic carbocycles. The number of hydrogen-bond acceptors (Lipinski definition) is 4. The van der Waals surface area contributed by atoms with E-state index in [1.165, 1.54) is 0 Å². The second kappa shape index (κ2) is 9.24. The molecule has 2 rings (SSSR count). The number of carbonyl (C=O) groups is 1. The van der Waals surface area contributed by atoms with E-state index in [9.17, 15) is 9.90 Å². The van der Waals surface area contributed by atoms with Crippen LogP contribution in [0.5, 0.6) is 0 Å². The molecule has 0 aliphatic rings. The van der Waals surface area contributed by atoms with Crippen molar-refractivity contribution in [1.29, 1.82) is 0 Å². The molecule has 1 aromatic heterocycles. The Labute approximate surface area is 146 Å². The maximum absolute atomic E-state index is 11.5. The number of aliphatic hydroxyl groups is 1. The summed E-state index contributed by atoms with van der Waals surface area (Å²) in [7, 11) is 0. The van der Waals surface area contributed by atoms with Crippen molar-refractivity contribution in [2.75, 3.05) is 26.2 Å². The predicted molar refractivity (Wildman–Crippen MR) is 99.4 cm³/mol. The topological polar surface area (TPSA) is 85.8 Å². The van der Waals surface area contributed by atoms with E-state index in [0.29, 0.717) is 25.6 Å². The van der Waals surface area contributed by atoms with E-state index in [4.69, 9.17) is 0 Å². The number of amides is 1. The molecule has 0 saturated heterocycles. The number of guanidine groups is 1. The average molecular weight is 348 g/mol. The van der Waals surface area contributed by atoms with Crippen molar-refractivity contribution in [1.82, 2.24) is 16.0 Å². The molecule has 2 aromatic rings. The zero-order chi connectivity index (χ0) is 17.4. The summed E-state index contributed by atoms with van der Waals surface area (Å²) in [5.41, 5.74) is 0. The van der Waals surface area contributed by atoms with Crippen molar-refractivity contribution >= 4 is 33.3 Å². The highest BCUT2D eigenvalue weighted by molar-refractivity contribution is 7.19. The Hall–Kier alpha value is -2.12. The monoisotopic (exact) mass is 348 g/mol. The third-order valence-corrected chi connectivity index (χ3v) is 4.55. The maximum atomic E-state index is 11.5. The summed E-state index contributed by atoms with van der Waals surface area (Å²) in [5, 5.41) is 20.4. The van der Waals surface area contributed by atoms with Gasteiger partial charge in [-0.3, -0.25) is 4.79 Å². The van der Waals surface area contributed by atoms with Crippen LogP contribution in [0, 0.1) is 0 Å². The van der Waals surface area contributed by atoms with E-state index < -0.39 is 6.10 Å². The molecule has 1 unspecified atom stereocenters. The van der Waals surface area contributed by atoms with Crippen LogP contribution in [0.3, 0.4) is 0 Å². The number of nitrogens with zero attached hydrogens (tertiary/aromatic N) is 1. The Kier molecular flexibility index (Phi) is 7.02. The summed E-state index contributed by atoms with van der Waals surface area (Å²) in [6.45, 7) is 5.47. The third kappa shape index (κ3) is 5.21. The van der Waals surface area contributed by atoms with Gasteiger partial charge >= 0.3 is 0 Å². The highest BCUT2D eigenvalue weighted by atomic mass is 32.1. The van der Waals surface area contributed by atoms with Crippen LogP contribution in [-0.2, 0) is 4.79 Å². The lowest BCUT2D eigenvalue weighted by molar-refractivity contribution is -0.119. The number of rotatable bonds is 7. The zero-order valence-corrected chi connectivity index (χ0v) is 14.8. The Balaban J connectivity index is 1.94. The highest BCUT2D eigenvalue weighted by Crippen LogP contribution is 2.29. The smallest absolute Gasteiger partial charge is 0.241 e. The summed E-state index contributed by atoms with van der Waals surface area (Å²) < 4.78 is 1.16. The van der Waals surface area contributed by atoms with Gasteiger partial charge in [-0.2, -0.15) is 0 Å². The SMILES string of the molecule is CCNC(=O)CN=C(NCC)NCC(O)c1cc2ccccc2s1. The minimum atomic E-state index is -0.629. The van der Waals surface area contributed by atoms with Crippen LogP contribution in [0.1, 0.15) is 24.8 Å². The van der Waals surface area contributed by atoms with Gasteiger partial charge in [-0.1, -0.05) is 18.2 Å². The molecular formula is C17H24N4O2S. The molecular weight excluding hydrogens is 324 g/mol. The number of fused-ring (bicyclic) bond motifs is 1. The van der Waals surface area contributed by atoms with Gasteiger partial charge in [0.15, 0.2) is 5.96 Å². The van der Waals surface area contributed by atoms with Crippen LogP contribution in [0.15, 0.2) is 35.3 Å². The van der Waals surface area contributed by atoms with Crippen LogP contribution in [0.2, 0.25) is 0 Å². The molecule has 0 aliphatic carbocycles. The van der Waals surface area contributed by atoms with E-state index in [2.05, 4.69) is 20.9 Å². The van der Waals surface area contributed by atoms with E-state index in [-0.39, 0.29) is 12.5 Å². The fourth-order valence-electron chi connectivity index (χ4n) is 2.21. The number of thiophene rings is 1. The number of likely N-dealkylation sites (N-methyl/N-ethyl adjacent to an activating group) is 1. The molecule has 0 aliphatic heterocycles. The van der Waals surface area contributed by atoms with Gasteiger partial charge < -0.3 is 21.1 Å². The summed E-state index contributed by atoms with van der Waals surface area (Å²) in [4.78, 5) is 16.6. The van der Waals surface area contributed by atoms with Gasteiger partial charge in [-0.05, 0) is 31.4 Å². The normalized spacial score (nSPS) is 12.9. The Morgan fingerprint density at radius 2 is 1.96 bits per heavy atom. The van der Waals surface area contributed by atoms with Gasteiger partial charge in [-0.25, -0.2) is 4.99 Å². The van der Waals surface area contributed by atoms with Gasteiger partial charge in [0.05, 0.1) is 0 Å². The van der Waals surface area contributed by atoms with Gasteiger partial charge in [0.2, 0.25) is 5.91 Å². The molecule has 24 heavy (non-hydrogen) atoms. The summed E-state index contributed by atoms with van der Waals surface area (Å²) in [6.07, 6.45) is -0.629. The molecule has 0 saturated carbocycles. The van der Waals surface area contributed by atoms with Crippen molar-refractivity contribution in [2.45, 2.75) is 20.0 Å². The van der Waals surface area contributed by atoms with Crippen LogP contribution in [0.25, 0.3) is 10.1 Å². The lowest BCUT2D eigenvalue weighted by Crippen LogP contribution is -2.40. The summed E-state index contributed by atoms with van der Waals surface area (Å²) >= 11 is 1.58. The molecule has 1 atom stereocenters. The van der Waals surface area contributed by atoms with Crippen molar-refractivity contribution < 1.29 is 9.90 Å². The molecule has 4 N–H and O–H groups in total. The fourth-order valence-corrected chi connectivity index (χ4v) is 3.26. The standard InChI is InChI=1S/C17H24N4O2S/c1-3-18-16(23)11-21-17(19-4-2)20-10-13(22)15-9-12-7-5-6-8-14(12)24-15/h5-9,13,22H,3-4,10-11H2,1-2H3,(H,18,23)(H2,19,20,21). The number of hydrogen-bond donors (Lipinski definition) is 4. The number of aliphatic hydroxyl groups excluding tert-OH is 1. The van der Waals surface area contributed by atoms with Crippen LogP contribution < -0.4 is 16.0 Å². The largest absolute Gasteiger partial charge is 0.386 e. The van der Waals surface area contributed by atoms with Crippen LogP contribution >= 0.6 is 11.3 Å². The molecule has 7 heteroatoms. The Morgan fingerprint density at radius 3 is 2.67 bits per heavy atom. The first kappa shape index (κ1) is 18.2. The Morgan fingerprint density at radius 1 is 1.21 bits per heavy atom. The summed E-state index contributed by atoms with van der Waals surface area (Å²) in [5.74, 6) is 0.392. The van der Waals surface area contributed by atoms with Gasteiger partial charge in [-0.15, -0.1) is 11.3 Å². The molecule has 130 valence electrons. The Bertz CT molecular complexity index is 666. The predicted octanol–water partition coefficient (Wildman–Crippen LogP) is 1.63. The number of carbonyl (C=O) groups excluding carboxylic acids is 1. The molecule has 6 nitrogen and oxygen atoms in total. The lowest BCUT2D eigenvalue weighted by atomic mass is 10.2.